The van der Waals surface area contributed by atoms with Crippen LogP contribution >= 0.6 is 0 Å². The highest BCUT2D eigenvalue weighted by atomic mass is 16.5. The van der Waals surface area contributed by atoms with Crippen LogP contribution in [0.4, 0.5) is 11.5 Å². The van der Waals surface area contributed by atoms with Gasteiger partial charge < -0.3 is 20.1 Å². The molecule has 0 bridgehead atoms. The number of benzene rings is 2. The number of ether oxygens (including phenoxy) is 2. The van der Waals surface area contributed by atoms with Crippen LogP contribution in [0.3, 0.4) is 0 Å². The predicted octanol–water partition coefficient (Wildman–Crippen LogP) is 2.95. The summed E-state index contributed by atoms with van der Waals surface area (Å²) < 4.78 is 12.1. The third-order valence-electron chi connectivity index (χ3n) is 5.80. The molecule has 0 spiro atoms. The van der Waals surface area contributed by atoms with Gasteiger partial charge in [-0.1, -0.05) is 55.8 Å². The summed E-state index contributed by atoms with van der Waals surface area (Å²) in [5.41, 5.74) is 6.70. The van der Waals surface area contributed by atoms with Gasteiger partial charge in [-0.25, -0.2) is 4.79 Å². The lowest BCUT2D eigenvalue weighted by atomic mass is 10.1. The Morgan fingerprint density at radius 3 is 2.46 bits per heavy atom. The van der Waals surface area contributed by atoms with E-state index in [-0.39, 0.29) is 30.4 Å². The quantitative estimate of drug-likeness (QED) is 0.435. The predicted molar refractivity (Wildman–Crippen MR) is 136 cm³/mol. The molecule has 0 atom stereocenters. The maximum Gasteiger partial charge on any atom is 0.330 e. The maximum atomic E-state index is 13.4. The van der Waals surface area contributed by atoms with Crippen molar-refractivity contribution in [3.05, 3.63) is 80.5 Å². The summed E-state index contributed by atoms with van der Waals surface area (Å²) in [5, 5.41) is 0. The van der Waals surface area contributed by atoms with Crippen molar-refractivity contribution in [3.63, 3.8) is 0 Å². The summed E-state index contributed by atoms with van der Waals surface area (Å²) in [6.07, 6.45) is 1.98. The van der Waals surface area contributed by atoms with Gasteiger partial charge in [0.05, 0.1) is 20.8 Å². The molecule has 3 rings (SSSR count). The van der Waals surface area contributed by atoms with E-state index in [4.69, 9.17) is 15.2 Å². The fourth-order valence-corrected chi connectivity index (χ4v) is 3.97. The minimum atomic E-state index is -0.680. The number of rotatable bonds is 11. The number of aryl methyl sites for hydroxylation is 1. The number of nitrogens with two attached hydrogens (primary N) is 1. The molecule has 0 fully saturated rings. The second kappa shape index (κ2) is 11.9. The normalized spacial score (nSPS) is 10.7. The summed E-state index contributed by atoms with van der Waals surface area (Å²) in [4.78, 5) is 42.5. The third kappa shape index (κ3) is 5.92. The second-order valence-corrected chi connectivity index (χ2v) is 8.12. The molecule has 3 aromatic rings. The van der Waals surface area contributed by atoms with Crippen molar-refractivity contribution >= 4 is 17.4 Å². The SMILES string of the molecule is CCCCN(C(=O)CCc1cccc(OC)c1OC)c1c(N)n(Cc2ccccc2)c(=O)[nH]c1=O. The number of hydrogen-bond acceptors (Lipinski definition) is 6. The molecule has 35 heavy (non-hydrogen) atoms. The summed E-state index contributed by atoms with van der Waals surface area (Å²) in [6, 6.07) is 14.8. The van der Waals surface area contributed by atoms with Crippen LogP contribution in [-0.2, 0) is 17.8 Å². The summed E-state index contributed by atoms with van der Waals surface area (Å²) >= 11 is 0. The first-order chi connectivity index (χ1) is 16.9. The molecule has 1 heterocycles. The standard InChI is InChI=1S/C26H32N4O5/c1-4-5-16-29(21(31)15-14-19-12-9-13-20(34-2)23(19)35-3)22-24(27)30(26(33)28-25(22)32)17-18-10-7-6-8-11-18/h6-13H,4-5,14-17,27H2,1-3H3,(H,28,32,33). The minimum Gasteiger partial charge on any atom is -0.493 e. The molecule has 0 saturated heterocycles. The van der Waals surface area contributed by atoms with Crippen LogP contribution in [0.25, 0.3) is 0 Å². The Hall–Kier alpha value is -4.01. The van der Waals surface area contributed by atoms with E-state index in [1.54, 1.807) is 20.3 Å². The zero-order chi connectivity index (χ0) is 25.4. The largest absolute Gasteiger partial charge is 0.493 e. The van der Waals surface area contributed by atoms with Crippen LogP contribution in [0, 0.1) is 0 Å². The van der Waals surface area contributed by atoms with Crippen LogP contribution in [0.15, 0.2) is 58.1 Å². The Morgan fingerprint density at radius 2 is 1.80 bits per heavy atom. The topological polar surface area (TPSA) is 120 Å². The lowest BCUT2D eigenvalue weighted by molar-refractivity contribution is -0.118. The number of nitrogen functional groups attached to an aromatic ring is 1. The Morgan fingerprint density at radius 1 is 1.06 bits per heavy atom. The highest BCUT2D eigenvalue weighted by Gasteiger charge is 2.24. The number of para-hydroxylation sites is 1. The van der Waals surface area contributed by atoms with Crippen LogP contribution < -0.4 is 31.4 Å². The Bertz CT molecular complexity index is 1270. The number of H-pyrrole nitrogens is 1. The van der Waals surface area contributed by atoms with E-state index in [0.717, 1.165) is 17.5 Å². The van der Waals surface area contributed by atoms with Gasteiger partial charge in [-0.05, 0) is 30.0 Å². The molecule has 1 amide bonds. The van der Waals surface area contributed by atoms with Gasteiger partial charge in [0.1, 0.15) is 5.82 Å². The fourth-order valence-electron chi connectivity index (χ4n) is 3.97. The van der Waals surface area contributed by atoms with Crippen LogP contribution in [0.2, 0.25) is 0 Å². The molecule has 186 valence electrons. The van der Waals surface area contributed by atoms with Gasteiger partial charge in [0.2, 0.25) is 5.91 Å². The number of anilines is 2. The van der Waals surface area contributed by atoms with E-state index in [1.807, 2.05) is 49.4 Å². The number of carbonyl (C=O) groups excluding carboxylic acids is 1. The number of amides is 1. The number of methoxy groups -OCH3 is 2. The highest BCUT2D eigenvalue weighted by molar-refractivity contribution is 5.95. The van der Waals surface area contributed by atoms with Crippen molar-refractivity contribution in [1.29, 1.82) is 0 Å². The first kappa shape index (κ1) is 25.6. The molecule has 2 aromatic carbocycles. The van der Waals surface area contributed by atoms with E-state index in [0.29, 0.717) is 30.9 Å². The van der Waals surface area contributed by atoms with E-state index in [9.17, 15) is 14.4 Å². The molecule has 9 heteroatoms. The molecular formula is C26H32N4O5. The highest BCUT2D eigenvalue weighted by Crippen LogP contribution is 2.31. The van der Waals surface area contributed by atoms with Gasteiger partial charge in [-0.3, -0.25) is 19.1 Å². The average molecular weight is 481 g/mol. The molecular weight excluding hydrogens is 448 g/mol. The second-order valence-electron chi connectivity index (χ2n) is 8.12. The van der Waals surface area contributed by atoms with Gasteiger partial charge in [0.25, 0.3) is 5.56 Å². The smallest absolute Gasteiger partial charge is 0.330 e. The monoisotopic (exact) mass is 480 g/mol. The van der Waals surface area contributed by atoms with E-state index in [2.05, 4.69) is 4.98 Å². The van der Waals surface area contributed by atoms with Crippen molar-refractivity contribution < 1.29 is 14.3 Å². The number of aromatic nitrogens is 2. The Kier molecular flexibility index (Phi) is 8.72. The zero-order valence-corrected chi connectivity index (χ0v) is 20.4. The van der Waals surface area contributed by atoms with Crippen molar-refractivity contribution in [2.75, 3.05) is 31.4 Å². The van der Waals surface area contributed by atoms with Gasteiger partial charge in [0.15, 0.2) is 17.2 Å². The molecule has 0 saturated carbocycles. The molecule has 0 unspecified atom stereocenters. The van der Waals surface area contributed by atoms with Crippen molar-refractivity contribution in [2.24, 2.45) is 0 Å². The summed E-state index contributed by atoms with van der Waals surface area (Å²) in [5.74, 6) is 0.835. The first-order valence-corrected chi connectivity index (χ1v) is 11.6. The Labute approximate surface area is 204 Å². The third-order valence-corrected chi connectivity index (χ3v) is 5.80. The van der Waals surface area contributed by atoms with Crippen molar-refractivity contribution in [2.45, 2.75) is 39.2 Å². The molecule has 0 aliphatic rings. The first-order valence-electron chi connectivity index (χ1n) is 11.6. The molecule has 9 nitrogen and oxygen atoms in total. The van der Waals surface area contributed by atoms with Crippen LogP contribution in [0.1, 0.15) is 37.3 Å². The number of nitrogens with one attached hydrogen (secondary N) is 1. The molecule has 3 N–H and O–H groups in total. The van der Waals surface area contributed by atoms with Crippen molar-refractivity contribution in [3.8, 4) is 11.5 Å². The Balaban J connectivity index is 1.94. The van der Waals surface area contributed by atoms with Gasteiger partial charge in [-0.15, -0.1) is 0 Å². The van der Waals surface area contributed by atoms with E-state index in [1.165, 1.54) is 9.47 Å². The average Bonchev–Trinajstić information content (AvgIpc) is 2.87. The van der Waals surface area contributed by atoms with Gasteiger partial charge >= 0.3 is 5.69 Å². The van der Waals surface area contributed by atoms with Gasteiger partial charge in [0, 0.05) is 13.0 Å². The number of hydrogen-bond donors (Lipinski definition) is 2. The lowest BCUT2D eigenvalue weighted by Crippen LogP contribution is -2.41. The van der Waals surface area contributed by atoms with Crippen molar-refractivity contribution in [1.82, 2.24) is 9.55 Å². The van der Waals surface area contributed by atoms with Gasteiger partial charge in [-0.2, -0.15) is 0 Å². The number of nitrogens with zero attached hydrogens (tertiary/aromatic N) is 2. The fraction of sp³-hybridized carbons (Fsp3) is 0.346. The molecule has 0 aliphatic carbocycles. The minimum absolute atomic E-state index is 0.00316. The lowest BCUT2D eigenvalue weighted by Gasteiger charge is -2.25. The number of aromatic amines is 1. The van der Waals surface area contributed by atoms with Crippen LogP contribution in [-0.4, -0.2) is 36.2 Å². The summed E-state index contributed by atoms with van der Waals surface area (Å²) in [7, 11) is 3.10. The molecule has 0 radical (unpaired) electrons. The maximum absolute atomic E-state index is 13.4. The number of carbonyl (C=O) groups is 1. The van der Waals surface area contributed by atoms with E-state index >= 15 is 0 Å². The summed E-state index contributed by atoms with van der Waals surface area (Å²) in [6.45, 7) is 2.47. The zero-order valence-electron chi connectivity index (χ0n) is 20.4. The van der Waals surface area contributed by atoms with E-state index < -0.39 is 11.2 Å². The van der Waals surface area contributed by atoms with Crippen LogP contribution in [0.5, 0.6) is 11.5 Å². The molecule has 0 aliphatic heterocycles. The number of unbranched alkanes of at least 4 members (excludes halogenated alkanes) is 1. The molecule has 1 aromatic heterocycles.